The third-order valence-electron chi connectivity index (χ3n) is 1.75. The van der Waals surface area contributed by atoms with Gasteiger partial charge in [-0.2, -0.15) is 0 Å². The Labute approximate surface area is 74.3 Å². The van der Waals surface area contributed by atoms with Gasteiger partial charge in [0.25, 0.3) is 5.91 Å². The monoisotopic (exact) mass is 174 g/mol. The van der Waals surface area contributed by atoms with Crippen molar-refractivity contribution in [1.29, 1.82) is 0 Å². The first-order chi connectivity index (χ1) is 6.33. The molecule has 0 saturated heterocycles. The second-order valence-corrected chi connectivity index (χ2v) is 2.50. The quantitative estimate of drug-likeness (QED) is 0.584. The normalized spacial score (nSPS) is 12.6. The molecule has 0 bridgehead atoms. The van der Waals surface area contributed by atoms with E-state index in [0.29, 0.717) is 12.1 Å². The average molecular weight is 174 g/mol. The molecule has 0 N–H and O–H groups in total. The zero-order valence-electron chi connectivity index (χ0n) is 6.77. The highest BCUT2D eigenvalue weighted by atomic mass is 16.1. The molecule has 1 aromatic rings. The third kappa shape index (κ3) is 1.14. The Kier molecular flexibility index (Phi) is 1.70. The molecule has 2 rings (SSSR count). The van der Waals surface area contributed by atoms with Crippen LogP contribution in [-0.2, 0) is 6.42 Å². The van der Waals surface area contributed by atoms with E-state index in [0.717, 1.165) is 5.69 Å². The number of aliphatic imine (C=N–C) groups is 2. The van der Waals surface area contributed by atoms with Crippen LogP contribution in [0.15, 0.2) is 16.3 Å². The van der Waals surface area contributed by atoms with E-state index < -0.39 is 5.91 Å². The molecule has 0 saturated carbocycles. The first-order valence-electron chi connectivity index (χ1n) is 3.70. The van der Waals surface area contributed by atoms with E-state index in [1.165, 1.54) is 6.33 Å². The summed E-state index contributed by atoms with van der Waals surface area (Å²) in [5.41, 5.74) is 1.52. The van der Waals surface area contributed by atoms with Crippen LogP contribution in [0.5, 0.6) is 0 Å². The highest BCUT2D eigenvalue weighted by Crippen LogP contribution is 2.25. The van der Waals surface area contributed by atoms with Gasteiger partial charge in [-0.1, -0.05) is 0 Å². The summed E-state index contributed by atoms with van der Waals surface area (Å²) in [7, 11) is 0. The molecule has 1 aliphatic heterocycles. The Balaban J connectivity index is 2.58. The molecule has 13 heavy (non-hydrogen) atoms. The maximum atomic E-state index is 11.2. The summed E-state index contributed by atoms with van der Waals surface area (Å²) < 4.78 is 0. The second kappa shape index (κ2) is 2.85. The van der Waals surface area contributed by atoms with Crippen LogP contribution in [0.3, 0.4) is 0 Å². The van der Waals surface area contributed by atoms with Crippen molar-refractivity contribution in [3.63, 3.8) is 0 Å². The van der Waals surface area contributed by atoms with Crippen molar-refractivity contribution in [3.8, 4) is 0 Å². The molecule has 0 aromatic carbocycles. The lowest BCUT2D eigenvalue weighted by Crippen LogP contribution is -2.00. The Morgan fingerprint density at radius 1 is 1.54 bits per heavy atom. The molecule has 5 nitrogen and oxygen atoms in total. The highest BCUT2D eigenvalue weighted by molar-refractivity contribution is 6.01. The van der Waals surface area contributed by atoms with Gasteiger partial charge in [0.05, 0.1) is 5.69 Å². The average Bonchev–Trinajstić information content (AvgIpc) is 2.63. The number of carbonyl (C=O) groups is 1. The van der Waals surface area contributed by atoms with Crippen molar-refractivity contribution in [2.45, 2.75) is 6.42 Å². The number of hydrogen-bond donors (Lipinski definition) is 0. The molecule has 0 spiro atoms. The molecule has 0 unspecified atom stereocenters. The van der Waals surface area contributed by atoms with Gasteiger partial charge in [-0.3, -0.25) is 9.79 Å². The van der Waals surface area contributed by atoms with Gasteiger partial charge < -0.3 is 0 Å². The van der Waals surface area contributed by atoms with Crippen LogP contribution < -0.4 is 0 Å². The first-order valence-corrected chi connectivity index (χ1v) is 3.70. The smallest absolute Gasteiger partial charge is 0.265 e. The van der Waals surface area contributed by atoms with E-state index in [1.54, 1.807) is 6.21 Å². The van der Waals surface area contributed by atoms with Crippen LogP contribution in [0, 0.1) is 0 Å². The molecule has 1 aliphatic rings. The predicted octanol–water partition coefficient (Wildman–Crippen LogP) is 0.576. The molecule has 64 valence electrons. The molecule has 5 heteroatoms. The van der Waals surface area contributed by atoms with E-state index in [2.05, 4.69) is 26.7 Å². The lowest BCUT2D eigenvalue weighted by molar-refractivity contribution is 0.0999. The predicted molar refractivity (Wildman–Crippen MR) is 47.8 cm³/mol. The molecule has 0 fully saturated rings. The van der Waals surface area contributed by atoms with Crippen molar-refractivity contribution in [3.05, 3.63) is 17.7 Å². The second-order valence-electron chi connectivity index (χ2n) is 2.50. The van der Waals surface area contributed by atoms with E-state index in [-0.39, 0.29) is 5.69 Å². The maximum Gasteiger partial charge on any atom is 0.297 e. The highest BCUT2D eigenvalue weighted by Gasteiger charge is 2.18. The van der Waals surface area contributed by atoms with Gasteiger partial charge in [0, 0.05) is 12.6 Å². The molecular weight excluding hydrogens is 168 g/mol. The summed E-state index contributed by atoms with van der Waals surface area (Å²) in [4.78, 5) is 26.3. The number of fused-ring (bicyclic) bond motifs is 1. The number of rotatable bonds is 1. The fourth-order valence-corrected chi connectivity index (χ4v) is 1.16. The Hall–Kier alpha value is -1.91. The summed E-state index contributed by atoms with van der Waals surface area (Å²) in [6.07, 6.45) is 3.68. The lowest BCUT2D eigenvalue weighted by atomic mass is 10.2. The van der Waals surface area contributed by atoms with Crippen LogP contribution in [-0.4, -0.2) is 28.8 Å². The summed E-state index contributed by atoms with van der Waals surface area (Å²) >= 11 is 0. The zero-order valence-corrected chi connectivity index (χ0v) is 6.77. The van der Waals surface area contributed by atoms with Crippen molar-refractivity contribution < 1.29 is 4.79 Å². The van der Waals surface area contributed by atoms with Crippen LogP contribution in [0.25, 0.3) is 0 Å². The van der Waals surface area contributed by atoms with Gasteiger partial charge in [-0.25, -0.2) is 15.0 Å². The molecule has 0 radical (unpaired) electrons. The van der Waals surface area contributed by atoms with Gasteiger partial charge >= 0.3 is 0 Å². The molecular formula is C8H6N4O. The number of hydrogen-bond acceptors (Lipinski definition) is 4. The fraction of sp³-hybridized carbons (Fsp3) is 0.125. The van der Waals surface area contributed by atoms with Crippen molar-refractivity contribution in [2.24, 2.45) is 9.98 Å². The molecule has 1 aromatic heterocycles. The number of aromatic nitrogens is 2. The Morgan fingerprint density at radius 3 is 3.15 bits per heavy atom. The minimum Gasteiger partial charge on any atom is -0.265 e. The van der Waals surface area contributed by atoms with Crippen LogP contribution >= 0.6 is 0 Å². The van der Waals surface area contributed by atoms with Crippen LogP contribution in [0.2, 0.25) is 0 Å². The summed E-state index contributed by atoms with van der Waals surface area (Å²) in [6.45, 7) is 3.15. The van der Waals surface area contributed by atoms with E-state index >= 15 is 0 Å². The number of carbonyl (C=O) groups excluding carboxylic acids is 1. The largest absolute Gasteiger partial charge is 0.297 e. The van der Waals surface area contributed by atoms with Crippen molar-refractivity contribution >= 4 is 24.5 Å². The van der Waals surface area contributed by atoms with Gasteiger partial charge in [0.2, 0.25) is 0 Å². The standard InChI is InChI=1S/C8H6N4O/c1-9-8(13)7-6-5(2-3-10-6)11-4-12-7/h3-4H,1-2H2. The molecule has 1 amide bonds. The van der Waals surface area contributed by atoms with E-state index in [1.807, 2.05) is 0 Å². The molecule has 0 atom stereocenters. The summed E-state index contributed by atoms with van der Waals surface area (Å²) in [5.74, 6) is -0.460. The maximum absolute atomic E-state index is 11.2. The van der Waals surface area contributed by atoms with E-state index in [9.17, 15) is 4.79 Å². The summed E-state index contributed by atoms with van der Waals surface area (Å²) in [6, 6.07) is 0. The molecule has 0 aliphatic carbocycles. The Morgan fingerprint density at radius 2 is 2.38 bits per heavy atom. The first kappa shape index (κ1) is 7.72. The van der Waals surface area contributed by atoms with Crippen LogP contribution in [0.1, 0.15) is 16.2 Å². The van der Waals surface area contributed by atoms with Crippen molar-refractivity contribution in [1.82, 2.24) is 9.97 Å². The Bertz CT molecular complexity index is 411. The van der Waals surface area contributed by atoms with E-state index in [4.69, 9.17) is 0 Å². The third-order valence-corrected chi connectivity index (χ3v) is 1.75. The lowest BCUT2D eigenvalue weighted by Gasteiger charge is -1.98. The summed E-state index contributed by atoms with van der Waals surface area (Å²) in [5, 5.41) is 0. The SMILES string of the molecule is C=NC(=O)c1ncnc2c1N=CC2. The number of nitrogens with zero attached hydrogens (tertiary/aromatic N) is 4. The zero-order chi connectivity index (χ0) is 9.26. The number of amides is 1. The minimum absolute atomic E-state index is 0.230. The molecule has 2 heterocycles. The van der Waals surface area contributed by atoms with Gasteiger partial charge in [0.1, 0.15) is 12.0 Å². The van der Waals surface area contributed by atoms with Crippen LogP contribution in [0.4, 0.5) is 5.69 Å². The van der Waals surface area contributed by atoms with Gasteiger partial charge in [-0.05, 0) is 6.72 Å². The fourth-order valence-electron chi connectivity index (χ4n) is 1.16. The van der Waals surface area contributed by atoms with Gasteiger partial charge in [0.15, 0.2) is 5.69 Å². The minimum atomic E-state index is -0.460. The topological polar surface area (TPSA) is 67.6 Å². The van der Waals surface area contributed by atoms with Gasteiger partial charge in [-0.15, -0.1) is 0 Å². The van der Waals surface area contributed by atoms with Crippen molar-refractivity contribution in [2.75, 3.05) is 0 Å².